The van der Waals surface area contributed by atoms with Crippen LogP contribution in [0.25, 0.3) is 0 Å². The van der Waals surface area contributed by atoms with E-state index in [1.54, 1.807) is 6.92 Å². The second-order valence-electron chi connectivity index (χ2n) is 5.30. The number of hydrogen-bond donors (Lipinski definition) is 1. The molecule has 0 amide bonds. The third kappa shape index (κ3) is 3.45. The van der Waals surface area contributed by atoms with Crippen molar-refractivity contribution < 1.29 is 8.42 Å². The summed E-state index contributed by atoms with van der Waals surface area (Å²) in [5.41, 5.74) is 6.09. The van der Waals surface area contributed by atoms with E-state index in [0.29, 0.717) is 5.92 Å². The van der Waals surface area contributed by atoms with Gasteiger partial charge < -0.3 is 5.73 Å². The molecule has 1 aliphatic rings. The highest BCUT2D eigenvalue weighted by molar-refractivity contribution is 7.91. The van der Waals surface area contributed by atoms with Crippen LogP contribution in [0.1, 0.15) is 46.0 Å². The van der Waals surface area contributed by atoms with Crippen LogP contribution in [-0.4, -0.2) is 26.0 Å². The van der Waals surface area contributed by atoms with Crippen LogP contribution < -0.4 is 5.73 Å². The molecule has 3 nitrogen and oxygen atoms in total. The molecule has 1 saturated carbocycles. The summed E-state index contributed by atoms with van der Waals surface area (Å²) in [5.74, 6) is 1.23. The van der Waals surface area contributed by atoms with Crippen molar-refractivity contribution in [1.82, 2.24) is 0 Å². The predicted octanol–water partition coefficient (Wildman–Crippen LogP) is 1.96. The Balaban J connectivity index is 2.54. The van der Waals surface area contributed by atoms with Crippen molar-refractivity contribution in [2.45, 2.75) is 57.2 Å². The van der Waals surface area contributed by atoms with Crippen LogP contribution in [-0.2, 0) is 9.84 Å². The van der Waals surface area contributed by atoms with Crippen molar-refractivity contribution in [3.05, 3.63) is 0 Å². The maximum absolute atomic E-state index is 11.5. The van der Waals surface area contributed by atoms with Gasteiger partial charge in [0.1, 0.15) is 0 Å². The summed E-state index contributed by atoms with van der Waals surface area (Å²) in [6.07, 6.45) is 7.15. The summed E-state index contributed by atoms with van der Waals surface area (Å²) in [4.78, 5) is 0. The van der Waals surface area contributed by atoms with Gasteiger partial charge in [0.05, 0.1) is 5.25 Å². The van der Waals surface area contributed by atoms with Crippen molar-refractivity contribution in [2.75, 3.05) is 6.26 Å². The molecule has 0 aromatic carbocycles. The van der Waals surface area contributed by atoms with Crippen LogP contribution in [0.4, 0.5) is 0 Å². The number of rotatable bonds is 4. The molecule has 16 heavy (non-hydrogen) atoms. The molecule has 2 unspecified atom stereocenters. The van der Waals surface area contributed by atoms with Crippen molar-refractivity contribution >= 4 is 9.84 Å². The Morgan fingerprint density at radius 2 is 1.75 bits per heavy atom. The zero-order valence-electron chi connectivity index (χ0n) is 10.6. The molecule has 1 aliphatic carbocycles. The van der Waals surface area contributed by atoms with E-state index in [2.05, 4.69) is 6.92 Å². The van der Waals surface area contributed by atoms with Crippen LogP contribution in [0.2, 0.25) is 0 Å². The van der Waals surface area contributed by atoms with Crippen LogP contribution in [0, 0.1) is 11.8 Å². The zero-order valence-corrected chi connectivity index (χ0v) is 11.5. The smallest absolute Gasteiger partial charge is 0.151 e. The summed E-state index contributed by atoms with van der Waals surface area (Å²) in [7, 11) is -3.00. The lowest BCUT2D eigenvalue weighted by atomic mass is 9.77. The molecular weight excluding hydrogens is 222 g/mol. The van der Waals surface area contributed by atoms with Crippen molar-refractivity contribution in [2.24, 2.45) is 17.6 Å². The minimum Gasteiger partial charge on any atom is -0.326 e. The van der Waals surface area contributed by atoms with E-state index in [-0.39, 0.29) is 6.04 Å². The van der Waals surface area contributed by atoms with Gasteiger partial charge in [-0.25, -0.2) is 8.42 Å². The largest absolute Gasteiger partial charge is 0.326 e. The van der Waals surface area contributed by atoms with Gasteiger partial charge in [-0.3, -0.25) is 0 Å². The minimum atomic E-state index is -3.00. The molecule has 0 saturated heterocycles. The van der Waals surface area contributed by atoms with E-state index in [1.165, 1.54) is 25.5 Å². The van der Waals surface area contributed by atoms with E-state index < -0.39 is 15.1 Å². The van der Waals surface area contributed by atoms with E-state index in [9.17, 15) is 8.42 Å². The van der Waals surface area contributed by atoms with Crippen LogP contribution in [0.5, 0.6) is 0 Å². The average molecular weight is 247 g/mol. The fourth-order valence-corrected chi connectivity index (χ4v) is 3.44. The standard InChI is InChI=1S/C12H25NO2S/c1-4-10-5-7-11(8-6-10)12(13)9(2)16(3,14)15/h9-12H,4-8,13H2,1-3H3. The average Bonchev–Trinajstić information content (AvgIpc) is 2.26. The lowest BCUT2D eigenvalue weighted by molar-refractivity contribution is 0.236. The van der Waals surface area contributed by atoms with Crippen molar-refractivity contribution in [3.63, 3.8) is 0 Å². The Bertz CT molecular complexity index is 305. The predicted molar refractivity (Wildman–Crippen MR) is 68.0 cm³/mol. The Labute approximate surface area is 99.7 Å². The number of nitrogens with two attached hydrogens (primary N) is 1. The van der Waals surface area contributed by atoms with Crippen molar-refractivity contribution in [1.29, 1.82) is 0 Å². The molecule has 1 fully saturated rings. The van der Waals surface area contributed by atoms with Gasteiger partial charge in [-0.05, 0) is 31.6 Å². The molecule has 4 heteroatoms. The molecule has 1 rings (SSSR count). The Morgan fingerprint density at radius 1 is 1.25 bits per heavy atom. The highest BCUT2D eigenvalue weighted by atomic mass is 32.2. The van der Waals surface area contributed by atoms with E-state index in [0.717, 1.165) is 18.8 Å². The molecule has 2 N–H and O–H groups in total. The first kappa shape index (κ1) is 14.0. The Hall–Kier alpha value is -0.0900. The van der Waals surface area contributed by atoms with Gasteiger partial charge in [-0.1, -0.05) is 26.2 Å². The lowest BCUT2D eigenvalue weighted by Gasteiger charge is -2.33. The first-order chi connectivity index (χ1) is 7.36. The highest BCUT2D eigenvalue weighted by Crippen LogP contribution is 2.33. The molecular formula is C12H25NO2S. The topological polar surface area (TPSA) is 60.2 Å². The maximum Gasteiger partial charge on any atom is 0.151 e. The van der Waals surface area contributed by atoms with Crippen LogP contribution >= 0.6 is 0 Å². The first-order valence-electron chi connectivity index (χ1n) is 6.30. The van der Waals surface area contributed by atoms with Crippen LogP contribution in [0.15, 0.2) is 0 Å². The summed E-state index contributed by atoms with van der Waals surface area (Å²) in [6.45, 7) is 3.97. The van der Waals surface area contributed by atoms with Gasteiger partial charge in [-0.15, -0.1) is 0 Å². The molecule has 96 valence electrons. The first-order valence-corrected chi connectivity index (χ1v) is 8.26. The second-order valence-corrected chi connectivity index (χ2v) is 7.70. The molecule has 0 bridgehead atoms. The van der Waals surface area contributed by atoms with Gasteiger partial charge in [0.15, 0.2) is 9.84 Å². The van der Waals surface area contributed by atoms with Gasteiger partial charge in [0.25, 0.3) is 0 Å². The molecule has 0 aliphatic heterocycles. The van der Waals surface area contributed by atoms with Gasteiger partial charge in [0.2, 0.25) is 0 Å². The van der Waals surface area contributed by atoms with E-state index >= 15 is 0 Å². The maximum atomic E-state index is 11.5. The Morgan fingerprint density at radius 3 is 2.12 bits per heavy atom. The molecule has 0 heterocycles. The van der Waals surface area contributed by atoms with Gasteiger partial charge >= 0.3 is 0 Å². The third-order valence-electron chi connectivity index (χ3n) is 4.23. The number of sulfone groups is 1. The van der Waals surface area contributed by atoms with E-state index in [4.69, 9.17) is 5.73 Å². The van der Waals surface area contributed by atoms with Crippen molar-refractivity contribution in [3.8, 4) is 0 Å². The SMILES string of the molecule is CCC1CCC(C(N)C(C)S(C)(=O)=O)CC1. The molecule has 0 radical (unpaired) electrons. The Kier molecular flexibility index (Phi) is 4.80. The van der Waals surface area contributed by atoms with E-state index in [1.807, 2.05) is 0 Å². The zero-order chi connectivity index (χ0) is 12.3. The minimum absolute atomic E-state index is 0.187. The fraction of sp³-hybridized carbons (Fsp3) is 1.00. The highest BCUT2D eigenvalue weighted by Gasteiger charge is 2.32. The third-order valence-corrected chi connectivity index (χ3v) is 5.90. The summed E-state index contributed by atoms with van der Waals surface area (Å²) in [6, 6.07) is -0.187. The molecule has 0 aromatic rings. The normalized spacial score (nSPS) is 31.0. The lowest BCUT2D eigenvalue weighted by Crippen LogP contribution is -2.44. The van der Waals surface area contributed by atoms with Gasteiger partial charge in [0, 0.05) is 12.3 Å². The number of hydrogen-bond acceptors (Lipinski definition) is 3. The summed E-state index contributed by atoms with van der Waals surface area (Å²) >= 11 is 0. The molecule has 2 atom stereocenters. The van der Waals surface area contributed by atoms with Gasteiger partial charge in [-0.2, -0.15) is 0 Å². The quantitative estimate of drug-likeness (QED) is 0.826. The summed E-state index contributed by atoms with van der Waals surface area (Å²) in [5, 5.41) is -0.407. The van der Waals surface area contributed by atoms with Crippen LogP contribution in [0.3, 0.4) is 0 Å². The molecule has 0 aromatic heterocycles. The second kappa shape index (κ2) is 5.50. The molecule has 0 spiro atoms. The summed E-state index contributed by atoms with van der Waals surface area (Å²) < 4.78 is 22.9. The fourth-order valence-electron chi connectivity index (χ4n) is 2.65. The monoisotopic (exact) mass is 247 g/mol.